The van der Waals surface area contributed by atoms with Crippen molar-refractivity contribution in [3.8, 4) is 0 Å². The Bertz CT molecular complexity index is 820. The molecule has 1 saturated heterocycles. The Kier molecular flexibility index (Phi) is 6.41. The van der Waals surface area contributed by atoms with Crippen molar-refractivity contribution in [1.82, 2.24) is 10.2 Å². The van der Waals surface area contributed by atoms with Crippen LogP contribution in [0.3, 0.4) is 0 Å². The second-order valence-electron chi connectivity index (χ2n) is 6.59. The van der Waals surface area contributed by atoms with Gasteiger partial charge >= 0.3 is 5.97 Å². The van der Waals surface area contributed by atoms with Crippen molar-refractivity contribution in [2.24, 2.45) is 5.92 Å². The van der Waals surface area contributed by atoms with Crippen molar-refractivity contribution < 1.29 is 27.9 Å². The van der Waals surface area contributed by atoms with E-state index in [2.05, 4.69) is 5.32 Å². The highest BCUT2D eigenvalue weighted by Crippen LogP contribution is 2.21. The number of benzene rings is 1. The Morgan fingerprint density at radius 1 is 1.25 bits per heavy atom. The molecule has 1 fully saturated rings. The first-order chi connectivity index (χ1) is 13.5. The fourth-order valence-corrected chi connectivity index (χ4v) is 2.98. The van der Waals surface area contributed by atoms with E-state index in [-0.39, 0.29) is 24.7 Å². The third kappa shape index (κ3) is 5.42. The van der Waals surface area contributed by atoms with Crippen LogP contribution in [0.4, 0.5) is 4.39 Å². The van der Waals surface area contributed by atoms with E-state index < -0.39 is 24.4 Å². The summed E-state index contributed by atoms with van der Waals surface area (Å²) >= 11 is 0. The SMILES string of the molecule is O=C(COC(=O)[C@@H]1CC(=O)N(Cc2ccco2)C1)NCCc1ccc(F)cc1. The van der Waals surface area contributed by atoms with Crippen LogP contribution in [0.25, 0.3) is 0 Å². The van der Waals surface area contributed by atoms with Gasteiger partial charge in [-0.25, -0.2) is 4.39 Å². The fraction of sp³-hybridized carbons (Fsp3) is 0.350. The lowest BCUT2D eigenvalue weighted by atomic mass is 10.1. The molecule has 148 valence electrons. The first-order valence-electron chi connectivity index (χ1n) is 8.99. The lowest BCUT2D eigenvalue weighted by Gasteiger charge is -2.14. The van der Waals surface area contributed by atoms with Gasteiger partial charge in [-0.1, -0.05) is 12.1 Å². The molecule has 0 saturated carbocycles. The predicted octanol–water partition coefficient (Wildman–Crippen LogP) is 1.67. The highest BCUT2D eigenvalue weighted by atomic mass is 19.1. The summed E-state index contributed by atoms with van der Waals surface area (Å²) in [6.45, 7) is 0.496. The molecular weight excluding hydrogens is 367 g/mol. The van der Waals surface area contributed by atoms with E-state index in [1.54, 1.807) is 24.3 Å². The zero-order valence-electron chi connectivity index (χ0n) is 15.2. The zero-order chi connectivity index (χ0) is 19.9. The number of nitrogens with zero attached hydrogens (tertiary/aromatic N) is 1. The standard InChI is InChI=1S/C20H21FN2O5/c21-16-5-3-14(4-6-16)7-8-22-18(24)13-28-20(26)15-10-19(25)23(11-15)12-17-2-1-9-27-17/h1-6,9,15H,7-8,10-13H2,(H,22,24)/t15-/m1/s1. The van der Waals surface area contributed by atoms with Crippen LogP contribution < -0.4 is 5.32 Å². The van der Waals surface area contributed by atoms with E-state index in [4.69, 9.17) is 9.15 Å². The minimum atomic E-state index is -0.588. The molecule has 1 atom stereocenters. The minimum absolute atomic E-state index is 0.0612. The molecule has 1 aliphatic heterocycles. The second kappa shape index (κ2) is 9.16. The maximum Gasteiger partial charge on any atom is 0.311 e. The lowest BCUT2D eigenvalue weighted by molar-refractivity contribution is -0.152. The summed E-state index contributed by atoms with van der Waals surface area (Å²) in [7, 11) is 0. The summed E-state index contributed by atoms with van der Waals surface area (Å²) in [5.74, 6) is -1.40. The van der Waals surface area contributed by atoms with E-state index in [0.29, 0.717) is 25.3 Å². The molecule has 28 heavy (non-hydrogen) atoms. The number of carbonyl (C=O) groups excluding carboxylic acids is 3. The maximum absolute atomic E-state index is 12.8. The van der Waals surface area contributed by atoms with Gasteiger partial charge in [-0.05, 0) is 36.2 Å². The molecule has 0 unspecified atom stereocenters. The van der Waals surface area contributed by atoms with Crippen LogP contribution >= 0.6 is 0 Å². The summed E-state index contributed by atoms with van der Waals surface area (Å²) in [4.78, 5) is 37.5. The van der Waals surface area contributed by atoms with Gasteiger partial charge < -0.3 is 19.4 Å². The Labute approximate surface area is 161 Å². The first kappa shape index (κ1) is 19.6. The topological polar surface area (TPSA) is 88.9 Å². The smallest absolute Gasteiger partial charge is 0.311 e. The highest BCUT2D eigenvalue weighted by molar-refractivity contribution is 5.88. The molecule has 7 nitrogen and oxygen atoms in total. The monoisotopic (exact) mass is 388 g/mol. The first-order valence-corrected chi connectivity index (χ1v) is 8.99. The summed E-state index contributed by atoms with van der Waals surface area (Å²) in [5, 5.41) is 2.64. The molecule has 0 bridgehead atoms. The van der Waals surface area contributed by atoms with Crippen LogP contribution in [-0.2, 0) is 32.1 Å². The third-order valence-corrected chi connectivity index (χ3v) is 4.47. The van der Waals surface area contributed by atoms with Crippen molar-refractivity contribution in [2.75, 3.05) is 19.7 Å². The van der Waals surface area contributed by atoms with Crippen LogP contribution in [0.15, 0.2) is 47.1 Å². The van der Waals surface area contributed by atoms with Crippen LogP contribution in [0.1, 0.15) is 17.7 Å². The molecule has 0 radical (unpaired) electrons. The molecule has 8 heteroatoms. The van der Waals surface area contributed by atoms with Crippen LogP contribution in [0.5, 0.6) is 0 Å². The molecule has 2 aromatic rings. The fourth-order valence-electron chi connectivity index (χ4n) is 2.98. The van der Waals surface area contributed by atoms with E-state index in [9.17, 15) is 18.8 Å². The average molecular weight is 388 g/mol. The number of hydrogen-bond acceptors (Lipinski definition) is 5. The molecule has 3 rings (SSSR count). The van der Waals surface area contributed by atoms with Gasteiger partial charge in [-0.3, -0.25) is 14.4 Å². The Balaban J connectivity index is 1.36. The molecule has 1 aromatic carbocycles. The Hall–Kier alpha value is -3.16. The van der Waals surface area contributed by atoms with Gasteiger partial charge in [0.15, 0.2) is 6.61 Å². The molecular formula is C20H21FN2O5. The third-order valence-electron chi connectivity index (χ3n) is 4.47. The molecule has 0 spiro atoms. The maximum atomic E-state index is 12.8. The van der Waals surface area contributed by atoms with Crippen molar-refractivity contribution >= 4 is 17.8 Å². The molecule has 1 N–H and O–H groups in total. The average Bonchev–Trinajstić information content (AvgIpc) is 3.32. The number of hydrogen-bond donors (Lipinski definition) is 1. The van der Waals surface area contributed by atoms with Gasteiger partial charge in [0.25, 0.3) is 5.91 Å². The van der Waals surface area contributed by atoms with Crippen molar-refractivity contribution in [3.05, 3.63) is 59.8 Å². The molecule has 1 aromatic heterocycles. The van der Waals surface area contributed by atoms with Gasteiger partial charge in [-0.15, -0.1) is 0 Å². The van der Waals surface area contributed by atoms with Crippen LogP contribution in [0.2, 0.25) is 0 Å². The normalized spacial score (nSPS) is 16.2. The van der Waals surface area contributed by atoms with Crippen molar-refractivity contribution in [1.29, 1.82) is 0 Å². The molecule has 1 aliphatic rings. The summed E-state index contributed by atoms with van der Waals surface area (Å²) in [5.41, 5.74) is 0.889. The minimum Gasteiger partial charge on any atom is -0.467 e. The highest BCUT2D eigenvalue weighted by Gasteiger charge is 2.35. The largest absolute Gasteiger partial charge is 0.467 e. The molecule has 0 aliphatic carbocycles. The van der Waals surface area contributed by atoms with Crippen LogP contribution in [0, 0.1) is 11.7 Å². The number of amides is 2. The van der Waals surface area contributed by atoms with Gasteiger partial charge in [0.1, 0.15) is 11.6 Å². The predicted molar refractivity (Wildman–Crippen MR) is 96.3 cm³/mol. The number of rotatable bonds is 8. The summed E-state index contributed by atoms with van der Waals surface area (Å²) in [6, 6.07) is 9.50. The number of nitrogens with one attached hydrogen (secondary N) is 1. The van der Waals surface area contributed by atoms with Gasteiger partial charge in [0.2, 0.25) is 5.91 Å². The number of carbonyl (C=O) groups is 3. The van der Waals surface area contributed by atoms with Gasteiger partial charge in [0.05, 0.1) is 18.7 Å². The van der Waals surface area contributed by atoms with E-state index in [1.165, 1.54) is 23.3 Å². The van der Waals surface area contributed by atoms with Crippen LogP contribution in [-0.4, -0.2) is 42.4 Å². The quantitative estimate of drug-likeness (QED) is 0.695. The Morgan fingerprint density at radius 3 is 2.75 bits per heavy atom. The van der Waals surface area contributed by atoms with E-state index in [0.717, 1.165) is 5.56 Å². The lowest BCUT2D eigenvalue weighted by Crippen LogP contribution is -2.32. The number of halogens is 1. The summed E-state index contributed by atoms with van der Waals surface area (Å²) in [6.07, 6.45) is 2.13. The number of esters is 1. The van der Waals surface area contributed by atoms with Gasteiger partial charge in [0, 0.05) is 19.5 Å². The summed E-state index contributed by atoms with van der Waals surface area (Å²) < 4.78 is 23.1. The zero-order valence-corrected chi connectivity index (χ0v) is 15.2. The Morgan fingerprint density at radius 2 is 2.04 bits per heavy atom. The number of ether oxygens (including phenoxy) is 1. The molecule has 2 heterocycles. The van der Waals surface area contributed by atoms with E-state index in [1.807, 2.05) is 0 Å². The number of likely N-dealkylation sites (tertiary alicyclic amines) is 1. The second-order valence-corrected chi connectivity index (χ2v) is 6.59. The molecule has 2 amide bonds. The van der Waals surface area contributed by atoms with Crippen molar-refractivity contribution in [2.45, 2.75) is 19.4 Å². The number of furan rings is 1. The van der Waals surface area contributed by atoms with Gasteiger partial charge in [-0.2, -0.15) is 0 Å². The van der Waals surface area contributed by atoms with E-state index >= 15 is 0 Å². The van der Waals surface area contributed by atoms with Crippen molar-refractivity contribution in [3.63, 3.8) is 0 Å².